The van der Waals surface area contributed by atoms with Gasteiger partial charge >= 0.3 is 0 Å². The Labute approximate surface area is 566 Å². The number of ether oxygens (including phenoxy) is 6. The number of methoxy groups -OCH3 is 3. The van der Waals surface area contributed by atoms with Gasteiger partial charge in [-0.25, -0.2) is 38.1 Å². The lowest BCUT2D eigenvalue weighted by Crippen LogP contribution is -2.38. The first-order chi connectivity index (χ1) is 47.5. The SMILES string of the molecule is CC[C@@H]1[C@H](F)C(=O)N[C@@H]1COC1=NC=C(C#Cc2ncccn2)C2C=C(C(N)=O)C(OC)=CC12.CC[C@@H]1[C@H](F)C(=O)N[C@@H]1COc1ncc(C#C[C@H](C)O)c2cc(C(N)=O)c(OC)cc12.CC[C@@H]1[C@H](F)C(=O)N[C@@H]1COc1ncc(C#Cc2cnn(C)c2)c2cc(C(N)=O)c(OC)cc12. The standard InChI is InChI=1S/2C24H24FN5O4.C22H24FN3O5/c1-4-15-19(29-23(32)21(15)25)12-34-24-17-8-20(33-3)18(22(26)31)7-16(17)14(10-27-24)6-5-13-9-28-30(2)11-13;1-3-14-18(30-23(32)21(14)25)12-34-24-16-10-19(33-2)17(22(26)31)9-15(16)13(11-29-24)5-6-20-27-7-4-8-28-20;1-4-13-17(26-21(29)19(13)23)10-31-22-15-8-18(30-3)16(20(24)28)7-14(15)12(9-25-22)6-5-11(2)27/h7-11,15,19,21H,4,12H2,1-3H3,(H2,26,31)(H,29,32);4,7-11,14-16,18,21H,3,12H2,1-2H3,(H2,26,31)(H,30,32);7-9,11,13,17,19,27H,4,10H2,1-3H3,(H2,24,28)(H,26,29)/t15-,19+,21-;14-,15?,16?,18+,21-;11-,13-,17+,19-/m000/s1. The van der Waals surface area contributed by atoms with Crippen molar-refractivity contribution in [1.82, 2.24) is 45.7 Å². The molecule has 10 N–H and O–H groups in total. The van der Waals surface area contributed by atoms with Gasteiger partial charge in [-0.3, -0.25) is 33.4 Å². The fourth-order valence-corrected chi connectivity index (χ4v) is 11.9. The van der Waals surface area contributed by atoms with Gasteiger partial charge in [0.05, 0.1) is 85.0 Å². The molecule has 6 amide bonds. The van der Waals surface area contributed by atoms with Gasteiger partial charge < -0.3 is 66.7 Å². The number of carbonyl (C=O) groups is 6. The van der Waals surface area contributed by atoms with Crippen molar-refractivity contribution in [1.29, 1.82) is 0 Å². The molecule has 0 bridgehead atoms. The maximum Gasteiger partial charge on any atom is 0.255 e. The molecular formula is C70H72F3N13O13. The molecule has 1 aliphatic carbocycles. The van der Waals surface area contributed by atoms with E-state index < -0.39 is 108 Å². The van der Waals surface area contributed by atoms with E-state index in [-0.39, 0.29) is 59.8 Å². The lowest BCUT2D eigenvalue weighted by molar-refractivity contribution is -0.124. The van der Waals surface area contributed by atoms with Crippen LogP contribution in [-0.2, 0) is 35.7 Å². The van der Waals surface area contributed by atoms with E-state index >= 15 is 0 Å². The quantitative estimate of drug-likeness (QED) is 0.0628. The third-order valence-electron chi connectivity index (χ3n) is 17.0. The minimum Gasteiger partial charge on any atom is -0.496 e. The first-order valence-electron chi connectivity index (χ1n) is 31.4. The summed E-state index contributed by atoms with van der Waals surface area (Å²) in [6, 6.07) is 6.52. The molecule has 26 nitrogen and oxygen atoms in total. The fourth-order valence-electron chi connectivity index (χ4n) is 11.9. The van der Waals surface area contributed by atoms with Crippen LogP contribution in [0.3, 0.4) is 0 Å². The molecule has 2 unspecified atom stereocenters. The highest BCUT2D eigenvalue weighted by Gasteiger charge is 2.45. The summed E-state index contributed by atoms with van der Waals surface area (Å²) in [5, 5.41) is 23.6. The molecule has 4 aliphatic heterocycles. The summed E-state index contributed by atoms with van der Waals surface area (Å²) in [4.78, 5) is 92.4. The number of allylic oxidation sites excluding steroid dienone is 2. The number of aliphatic imine (C=N–C) groups is 1. The number of rotatable bonds is 17. The van der Waals surface area contributed by atoms with E-state index in [1.165, 1.54) is 46.7 Å². The largest absolute Gasteiger partial charge is 0.496 e. The maximum absolute atomic E-state index is 14.1. The van der Waals surface area contributed by atoms with Crippen LogP contribution in [0, 0.1) is 65.1 Å². The zero-order chi connectivity index (χ0) is 71.4. The summed E-state index contributed by atoms with van der Waals surface area (Å²) in [5.74, 6) is 13.2. The number of nitrogens with two attached hydrogens (primary N) is 3. The number of aromatic nitrogens is 6. The van der Waals surface area contributed by atoms with Crippen molar-refractivity contribution in [2.75, 3.05) is 41.2 Å². The van der Waals surface area contributed by atoms with Crippen LogP contribution in [0.2, 0.25) is 0 Å². The third-order valence-corrected chi connectivity index (χ3v) is 17.0. The van der Waals surface area contributed by atoms with Gasteiger partial charge in [0.2, 0.25) is 17.6 Å². The number of amides is 6. The van der Waals surface area contributed by atoms with Gasteiger partial charge in [-0.1, -0.05) is 56.4 Å². The Kier molecular flexibility index (Phi) is 23.2. The van der Waals surface area contributed by atoms with Gasteiger partial charge in [0.15, 0.2) is 24.4 Å². The number of nitrogens with zero attached hydrogens (tertiary/aromatic N) is 7. The fraction of sp³-hybridized carbons (Fsp3) is 0.371. The van der Waals surface area contributed by atoms with Crippen LogP contribution in [0.15, 0.2) is 108 Å². The highest BCUT2D eigenvalue weighted by molar-refractivity contribution is 6.05. The first kappa shape index (κ1) is 71.8. The van der Waals surface area contributed by atoms with Crippen LogP contribution >= 0.6 is 0 Å². The van der Waals surface area contributed by atoms with E-state index in [1.807, 2.05) is 20.8 Å². The van der Waals surface area contributed by atoms with Gasteiger partial charge in [0.25, 0.3) is 35.4 Å². The molecule has 29 heteroatoms. The topological polar surface area (TPSA) is 374 Å². The summed E-state index contributed by atoms with van der Waals surface area (Å²) in [6.07, 6.45) is 10.4. The summed E-state index contributed by atoms with van der Waals surface area (Å²) in [7, 11) is 6.06. The number of hydrogen-bond donors (Lipinski definition) is 7. The monoisotopic (exact) mass is 1360 g/mol. The molecule has 11 rings (SSSR count). The Balaban J connectivity index is 0.000000174. The highest BCUT2D eigenvalue weighted by Crippen LogP contribution is 2.39. The summed E-state index contributed by atoms with van der Waals surface area (Å²) in [5.41, 5.74) is 19.5. The number of pyridine rings is 2. The summed E-state index contributed by atoms with van der Waals surface area (Å²) >= 11 is 0. The number of hydrogen-bond acceptors (Lipinski definition) is 19. The molecule has 6 aromatic rings. The normalized spacial score (nSPS) is 22.8. The van der Waals surface area contributed by atoms with Crippen molar-refractivity contribution >= 4 is 62.9 Å². The molecule has 3 fully saturated rings. The van der Waals surface area contributed by atoms with Crippen LogP contribution in [0.5, 0.6) is 23.3 Å². The Hall–Kier alpha value is -11.5. The Morgan fingerprint density at radius 3 is 1.55 bits per heavy atom. The number of primary amides is 3. The molecule has 5 aliphatic rings. The lowest BCUT2D eigenvalue weighted by atomic mass is 9.78. The summed E-state index contributed by atoms with van der Waals surface area (Å²) in [6.45, 7) is 7.10. The second kappa shape index (κ2) is 32.0. The number of alkyl halides is 3. The molecule has 0 saturated carbocycles. The molecule has 4 aromatic heterocycles. The lowest BCUT2D eigenvalue weighted by Gasteiger charge is -2.31. The van der Waals surface area contributed by atoms with Gasteiger partial charge in [0.1, 0.15) is 43.2 Å². The number of fused-ring (bicyclic) bond motifs is 3. The maximum atomic E-state index is 14.1. The van der Waals surface area contributed by atoms with E-state index in [4.69, 9.17) is 45.6 Å². The number of carbonyl (C=O) groups excluding carboxylic acids is 6. The molecular weight excluding hydrogens is 1290 g/mol. The minimum absolute atomic E-state index is 0.0192. The van der Waals surface area contributed by atoms with Gasteiger partial charge in [-0.2, -0.15) is 5.10 Å². The van der Waals surface area contributed by atoms with Crippen molar-refractivity contribution < 1.29 is 75.5 Å². The Morgan fingerprint density at radius 2 is 1.11 bits per heavy atom. The van der Waals surface area contributed by atoms with Gasteiger partial charge in [-0.05, 0) is 68.5 Å². The van der Waals surface area contributed by atoms with Crippen LogP contribution in [-0.4, -0.2) is 160 Å². The van der Waals surface area contributed by atoms with E-state index in [0.717, 1.165) is 0 Å². The predicted molar refractivity (Wildman–Crippen MR) is 354 cm³/mol. The van der Waals surface area contributed by atoms with Gasteiger partial charge in [0, 0.05) is 95.0 Å². The Morgan fingerprint density at radius 1 is 0.616 bits per heavy atom. The van der Waals surface area contributed by atoms with Crippen LogP contribution in [0.4, 0.5) is 13.2 Å². The number of halogens is 3. The van der Waals surface area contributed by atoms with Crippen LogP contribution < -0.4 is 52.1 Å². The highest BCUT2D eigenvalue weighted by atomic mass is 19.1. The average molecular weight is 1360 g/mol. The molecule has 0 radical (unpaired) electrons. The smallest absolute Gasteiger partial charge is 0.255 e. The molecule has 12 atom stereocenters. The minimum atomic E-state index is -1.57. The van der Waals surface area contributed by atoms with Crippen LogP contribution in [0.1, 0.15) is 90.2 Å². The zero-order valence-corrected chi connectivity index (χ0v) is 55.1. The second-order valence-electron chi connectivity index (χ2n) is 23.3. The first-order valence-corrected chi connectivity index (χ1v) is 31.4. The van der Waals surface area contributed by atoms with E-state index in [1.54, 1.807) is 79.1 Å². The zero-order valence-electron chi connectivity index (χ0n) is 55.1. The van der Waals surface area contributed by atoms with Crippen molar-refractivity contribution in [2.24, 2.45) is 58.8 Å². The van der Waals surface area contributed by atoms with E-state index in [9.17, 15) is 47.0 Å². The number of aryl methyl sites for hydroxylation is 1. The number of aliphatic hydroxyl groups is 1. The van der Waals surface area contributed by atoms with Crippen LogP contribution in [0.25, 0.3) is 21.5 Å². The van der Waals surface area contributed by atoms with Gasteiger partial charge in [-0.15, -0.1) is 0 Å². The number of benzene rings is 2. The molecule has 3 saturated heterocycles. The number of aliphatic hydroxyl groups excluding tert-OH is 1. The molecule has 99 heavy (non-hydrogen) atoms. The van der Waals surface area contributed by atoms with Crippen molar-refractivity contribution in [3.8, 4) is 58.8 Å². The molecule has 8 heterocycles. The van der Waals surface area contributed by atoms with E-state index in [0.29, 0.717) is 80.6 Å². The number of nitrogens with one attached hydrogen (secondary N) is 3. The second-order valence-corrected chi connectivity index (χ2v) is 23.3. The predicted octanol–water partition coefficient (Wildman–Crippen LogP) is 4.22. The van der Waals surface area contributed by atoms with Crippen molar-refractivity contribution in [3.63, 3.8) is 0 Å². The molecule has 2 aromatic carbocycles. The average Bonchev–Trinajstić information content (AvgIpc) is 1.78. The molecule has 516 valence electrons. The van der Waals surface area contributed by atoms with E-state index in [2.05, 4.69) is 81.5 Å². The van der Waals surface area contributed by atoms with Crippen molar-refractivity contribution in [3.05, 3.63) is 136 Å². The summed E-state index contributed by atoms with van der Waals surface area (Å²) < 4.78 is 77.7. The Bertz CT molecular complexity index is 4450. The third kappa shape index (κ3) is 16.3. The molecule has 0 spiro atoms. The van der Waals surface area contributed by atoms with Crippen molar-refractivity contribution in [2.45, 2.75) is 89.7 Å².